The number of hydrogen-bond acceptors (Lipinski definition) is 5. The molecule has 0 aromatic carbocycles. The van der Waals surface area contributed by atoms with E-state index in [2.05, 4.69) is 21.3 Å². The van der Waals surface area contributed by atoms with Crippen LogP contribution in [0.2, 0.25) is 0 Å². The number of carbonyl (C=O) groups is 1. The van der Waals surface area contributed by atoms with E-state index in [0.717, 1.165) is 59.3 Å². The Balaban J connectivity index is 0.000000217. The third-order valence-corrected chi connectivity index (χ3v) is 1.91. The minimum atomic E-state index is -0.833. The van der Waals surface area contributed by atoms with Crippen molar-refractivity contribution in [1.29, 1.82) is 0 Å². The van der Waals surface area contributed by atoms with Gasteiger partial charge in [0.25, 0.3) is 5.97 Å². The van der Waals surface area contributed by atoms with Gasteiger partial charge in [-0.05, 0) is 0 Å². The fourth-order valence-corrected chi connectivity index (χ4v) is 1.21. The average molecular weight is 232 g/mol. The lowest BCUT2D eigenvalue weighted by Gasteiger charge is -2.11. The molecule has 0 saturated carbocycles. The Kier molecular flexibility index (Phi) is 11.8. The molecule has 2 heterocycles. The highest BCUT2D eigenvalue weighted by molar-refractivity contribution is 5.62. The molecule has 0 aromatic heterocycles. The Labute approximate surface area is 97.2 Å². The molecule has 0 bridgehead atoms. The second-order valence-corrected chi connectivity index (χ2v) is 3.52. The van der Waals surface area contributed by atoms with Crippen molar-refractivity contribution in [1.82, 2.24) is 21.3 Å². The van der Waals surface area contributed by atoms with Crippen molar-refractivity contribution in [2.24, 2.45) is 0 Å². The summed E-state index contributed by atoms with van der Waals surface area (Å²) in [5.74, 6) is -0.833. The van der Waals surface area contributed by atoms with Gasteiger partial charge in [0.1, 0.15) is 0 Å². The van der Waals surface area contributed by atoms with Gasteiger partial charge in [0.15, 0.2) is 0 Å². The number of aliphatic carboxylic acids is 1. The Morgan fingerprint density at radius 2 is 0.875 bits per heavy atom. The number of hydrogen-bond donors (Lipinski definition) is 5. The smallest absolute Gasteiger partial charge is 0.300 e. The summed E-state index contributed by atoms with van der Waals surface area (Å²) in [5, 5.41) is 20.3. The first-order valence-electron chi connectivity index (χ1n) is 5.76. The van der Waals surface area contributed by atoms with Crippen LogP contribution in [0.1, 0.15) is 6.92 Å². The number of rotatable bonds is 0. The van der Waals surface area contributed by atoms with Crippen LogP contribution in [0.4, 0.5) is 0 Å². The maximum absolute atomic E-state index is 9.00. The summed E-state index contributed by atoms with van der Waals surface area (Å²) in [7, 11) is 0. The second kappa shape index (κ2) is 12.4. The lowest BCUT2D eigenvalue weighted by Crippen LogP contribution is -2.39. The number of piperazine rings is 2. The van der Waals surface area contributed by atoms with E-state index >= 15 is 0 Å². The van der Waals surface area contributed by atoms with E-state index in [1.807, 2.05) is 0 Å². The Morgan fingerprint density at radius 1 is 0.750 bits per heavy atom. The average Bonchev–Trinajstić information content (AvgIpc) is 2.34. The van der Waals surface area contributed by atoms with Crippen LogP contribution in [-0.4, -0.2) is 63.4 Å². The SMILES string of the molecule is C1CNCCN1.C1CNCCN1.CC(=O)O. The molecule has 0 spiro atoms. The maximum Gasteiger partial charge on any atom is 0.300 e. The van der Waals surface area contributed by atoms with Crippen LogP contribution < -0.4 is 21.3 Å². The minimum absolute atomic E-state index is 0.833. The predicted molar refractivity (Wildman–Crippen MR) is 64.8 cm³/mol. The first-order chi connectivity index (χ1) is 7.73. The molecular weight excluding hydrogens is 208 g/mol. The van der Waals surface area contributed by atoms with Crippen LogP contribution in [0.25, 0.3) is 0 Å². The highest BCUT2D eigenvalue weighted by Gasteiger charge is 1.92. The summed E-state index contributed by atoms with van der Waals surface area (Å²) >= 11 is 0. The molecule has 2 aliphatic heterocycles. The molecule has 16 heavy (non-hydrogen) atoms. The van der Waals surface area contributed by atoms with E-state index in [1.165, 1.54) is 0 Å². The van der Waals surface area contributed by atoms with Crippen molar-refractivity contribution in [3.8, 4) is 0 Å². The van der Waals surface area contributed by atoms with Gasteiger partial charge in [-0.1, -0.05) is 0 Å². The van der Waals surface area contributed by atoms with Crippen molar-refractivity contribution >= 4 is 5.97 Å². The van der Waals surface area contributed by atoms with Crippen molar-refractivity contribution in [3.05, 3.63) is 0 Å². The van der Waals surface area contributed by atoms with Crippen LogP contribution in [0.15, 0.2) is 0 Å². The standard InChI is InChI=1S/2C4H10N2.C2H4O2/c2*1-2-6-4-3-5-1;1-2(3)4/h2*5-6H,1-4H2;1H3,(H,3,4). The lowest BCUT2D eigenvalue weighted by molar-refractivity contribution is -0.134. The Morgan fingerprint density at radius 3 is 0.938 bits per heavy atom. The van der Waals surface area contributed by atoms with Gasteiger partial charge >= 0.3 is 0 Å². The zero-order valence-corrected chi connectivity index (χ0v) is 10.0. The Bertz CT molecular complexity index is 120. The summed E-state index contributed by atoms with van der Waals surface area (Å²) in [6.07, 6.45) is 0. The van der Waals surface area contributed by atoms with Gasteiger partial charge < -0.3 is 26.4 Å². The maximum atomic E-state index is 9.00. The summed E-state index contributed by atoms with van der Waals surface area (Å²) in [6, 6.07) is 0. The third kappa shape index (κ3) is 15.8. The van der Waals surface area contributed by atoms with Gasteiger partial charge in [0.05, 0.1) is 0 Å². The minimum Gasteiger partial charge on any atom is -0.481 e. The monoisotopic (exact) mass is 232 g/mol. The zero-order chi connectivity index (χ0) is 12.1. The van der Waals surface area contributed by atoms with Crippen LogP contribution in [0.3, 0.4) is 0 Å². The Hall–Kier alpha value is -0.690. The summed E-state index contributed by atoms with van der Waals surface area (Å²) in [6.45, 7) is 10.2. The molecule has 6 heteroatoms. The van der Waals surface area contributed by atoms with E-state index in [4.69, 9.17) is 9.90 Å². The van der Waals surface area contributed by atoms with Gasteiger partial charge in [-0.25, -0.2) is 0 Å². The van der Waals surface area contributed by atoms with E-state index < -0.39 is 5.97 Å². The van der Waals surface area contributed by atoms with Crippen molar-refractivity contribution in [2.45, 2.75) is 6.92 Å². The zero-order valence-electron chi connectivity index (χ0n) is 10.0. The molecular formula is C10H24N4O2. The second-order valence-electron chi connectivity index (χ2n) is 3.52. The van der Waals surface area contributed by atoms with Crippen LogP contribution >= 0.6 is 0 Å². The molecule has 2 aliphatic rings. The summed E-state index contributed by atoms with van der Waals surface area (Å²) < 4.78 is 0. The molecule has 2 rings (SSSR count). The van der Waals surface area contributed by atoms with Gasteiger partial charge in [-0.15, -0.1) is 0 Å². The van der Waals surface area contributed by atoms with E-state index in [1.54, 1.807) is 0 Å². The largest absolute Gasteiger partial charge is 0.481 e. The molecule has 0 atom stereocenters. The molecule has 2 saturated heterocycles. The van der Waals surface area contributed by atoms with E-state index in [9.17, 15) is 0 Å². The topological polar surface area (TPSA) is 85.4 Å². The fraction of sp³-hybridized carbons (Fsp3) is 0.900. The molecule has 5 N–H and O–H groups in total. The van der Waals surface area contributed by atoms with Gasteiger partial charge in [0, 0.05) is 59.3 Å². The van der Waals surface area contributed by atoms with Crippen molar-refractivity contribution in [2.75, 3.05) is 52.4 Å². The van der Waals surface area contributed by atoms with Gasteiger partial charge in [-0.2, -0.15) is 0 Å². The van der Waals surface area contributed by atoms with Crippen LogP contribution in [0.5, 0.6) is 0 Å². The summed E-state index contributed by atoms with van der Waals surface area (Å²) in [4.78, 5) is 9.00. The third-order valence-electron chi connectivity index (χ3n) is 1.91. The molecule has 0 amide bonds. The van der Waals surface area contributed by atoms with Crippen LogP contribution in [-0.2, 0) is 4.79 Å². The highest BCUT2D eigenvalue weighted by Crippen LogP contribution is 1.65. The summed E-state index contributed by atoms with van der Waals surface area (Å²) in [5.41, 5.74) is 0. The molecule has 96 valence electrons. The molecule has 6 nitrogen and oxygen atoms in total. The molecule has 0 unspecified atom stereocenters. The molecule has 0 aliphatic carbocycles. The van der Waals surface area contributed by atoms with Crippen molar-refractivity contribution in [3.63, 3.8) is 0 Å². The predicted octanol–water partition coefficient (Wildman–Crippen LogP) is -1.55. The first kappa shape index (κ1) is 15.3. The van der Waals surface area contributed by atoms with E-state index in [0.29, 0.717) is 0 Å². The normalized spacial score (nSPS) is 19.6. The highest BCUT2D eigenvalue weighted by atomic mass is 16.4. The van der Waals surface area contributed by atoms with Crippen molar-refractivity contribution < 1.29 is 9.90 Å². The van der Waals surface area contributed by atoms with Crippen LogP contribution in [0, 0.1) is 0 Å². The molecule has 0 aromatic rings. The molecule has 2 fully saturated rings. The number of nitrogens with one attached hydrogen (secondary N) is 4. The van der Waals surface area contributed by atoms with E-state index in [-0.39, 0.29) is 0 Å². The van der Waals surface area contributed by atoms with Gasteiger partial charge in [0.2, 0.25) is 0 Å². The quantitative estimate of drug-likeness (QED) is 0.348. The molecule has 0 radical (unpaired) electrons. The number of carboxylic acid groups (broad SMARTS) is 1. The lowest BCUT2D eigenvalue weighted by atomic mass is 10.4. The number of carboxylic acids is 1. The fourth-order valence-electron chi connectivity index (χ4n) is 1.21. The first-order valence-corrected chi connectivity index (χ1v) is 5.76. The van der Waals surface area contributed by atoms with Gasteiger partial charge in [-0.3, -0.25) is 4.79 Å².